The van der Waals surface area contributed by atoms with Crippen molar-refractivity contribution in [2.45, 2.75) is 42.6 Å². The third-order valence-corrected chi connectivity index (χ3v) is 8.20. The van der Waals surface area contributed by atoms with Crippen molar-refractivity contribution >= 4 is 27.5 Å². The number of nitrogens with one attached hydrogen (secondary N) is 1. The van der Waals surface area contributed by atoms with Gasteiger partial charge in [0.05, 0.1) is 0 Å². The number of carbonyl (C=O) groups is 1. The molecule has 2 aliphatic rings. The first kappa shape index (κ1) is 22.3. The first-order valence-corrected chi connectivity index (χ1v) is 12.4. The minimum atomic E-state index is -3.71. The van der Waals surface area contributed by atoms with E-state index in [2.05, 4.69) is 5.32 Å². The van der Waals surface area contributed by atoms with Gasteiger partial charge in [-0.05, 0) is 55.5 Å². The Labute approximate surface area is 187 Å². The summed E-state index contributed by atoms with van der Waals surface area (Å²) in [5, 5.41) is 3.39. The maximum Gasteiger partial charge on any atom is 0.287 e. The Kier molecular flexibility index (Phi) is 6.71. The van der Waals surface area contributed by atoms with E-state index in [1.165, 1.54) is 16.4 Å². The minimum Gasteiger partial charge on any atom is -0.438 e. The van der Waals surface area contributed by atoms with Gasteiger partial charge in [0.2, 0.25) is 5.09 Å². The largest absolute Gasteiger partial charge is 0.438 e. The first-order chi connectivity index (χ1) is 14.9. The molecule has 168 valence electrons. The van der Waals surface area contributed by atoms with Gasteiger partial charge in [-0.15, -0.1) is 0 Å². The van der Waals surface area contributed by atoms with Gasteiger partial charge in [0.1, 0.15) is 0 Å². The van der Waals surface area contributed by atoms with E-state index in [1.54, 1.807) is 0 Å². The molecule has 1 amide bonds. The quantitative estimate of drug-likeness (QED) is 0.702. The Hall–Kier alpha value is -1.87. The number of carbonyl (C=O) groups excluding carboxylic acids is 1. The summed E-state index contributed by atoms with van der Waals surface area (Å²) < 4.78 is 38.0. The van der Waals surface area contributed by atoms with Crippen LogP contribution in [0.1, 0.15) is 48.2 Å². The number of rotatable bonds is 6. The Bertz CT molecular complexity index is 1020. The van der Waals surface area contributed by atoms with E-state index in [0.29, 0.717) is 37.9 Å². The highest BCUT2D eigenvalue weighted by atomic mass is 35.5. The van der Waals surface area contributed by atoms with E-state index in [4.69, 9.17) is 20.8 Å². The Morgan fingerprint density at radius 2 is 1.84 bits per heavy atom. The van der Waals surface area contributed by atoms with Crippen molar-refractivity contribution in [2.75, 3.05) is 32.8 Å². The fraction of sp³-hybridized carbons (Fsp3) is 0.500. The normalized spacial score (nSPS) is 19.8. The summed E-state index contributed by atoms with van der Waals surface area (Å²) in [7, 11) is -3.71. The smallest absolute Gasteiger partial charge is 0.287 e. The fourth-order valence-electron chi connectivity index (χ4n) is 4.30. The fourth-order valence-corrected chi connectivity index (χ4v) is 5.92. The van der Waals surface area contributed by atoms with E-state index in [-0.39, 0.29) is 16.3 Å². The highest BCUT2D eigenvalue weighted by Crippen LogP contribution is 2.35. The predicted octanol–water partition coefficient (Wildman–Crippen LogP) is 3.59. The number of hydrogen-bond donors (Lipinski definition) is 1. The topological polar surface area (TPSA) is 88.8 Å². The highest BCUT2D eigenvalue weighted by Gasteiger charge is 2.36. The molecule has 0 spiro atoms. The molecule has 4 rings (SSSR count). The van der Waals surface area contributed by atoms with Crippen LogP contribution in [-0.4, -0.2) is 51.5 Å². The maximum absolute atomic E-state index is 12.8. The molecule has 2 saturated heterocycles. The number of sulfonamides is 1. The van der Waals surface area contributed by atoms with Gasteiger partial charge in [-0.1, -0.05) is 30.2 Å². The number of hydrogen-bond acceptors (Lipinski definition) is 5. The van der Waals surface area contributed by atoms with Gasteiger partial charge < -0.3 is 14.5 Å². The molecule has 2 aromatic rings. The lowest BCUT2D eigenvalue weighted by Gasteiger charge is -2.38. The summed E-state index contributed by atoms with van der Waals surface area (Å²) in [6, 6.07) is 10.4. The van der Waals surface area contributed by atoms with Gasteiger partial charge in [0.15, 0.2) is 5.76 Å². The van der Waals surface area contributed by atoms with Crippen LogP contribution in [0, 0.1) is 0 Å². The van der Waals surface area contributed by atoms with Crippen LogP contribution >= 0.6 is 11.6 Å². The number of nitrogens with zero attached hydrogens (tertiary/aromatic N) is 1. The Balaban J connectivity index is 1.48. The van der Waals surface area contributed by atoms with Gasteiger partial charge in [-0.25, -0.2) is 8.42 Å². The molecule has 0 radical (unpaired) electrons. The average Bonchev–Trinajstić information content (AvgIpc) is 3.30. The molecule has 0 aliphatic carbocycles. The minimum absolute atomic E-state index is 0.0103. The Morgan fingerprint density at radius 3 is 2.55 bits per heavy atom. The van der Waals surface area contributed by atoms with Gasteiger partial charge in [-0.2, -0.15) is 4.31 Å². The molecule has 1 aromatic carbocycles. The molecule has 1 aromatic heterocycles. The van der Waals surface area contributed by atoms with Crippen molar-refractivity contribution in [1.29, 1.82) is 0 Å². The molecule has 3 heterocycles. The summed E-state index contributed by atoms with van der Waals surface area (Å²) in [5.74, 6) is -0.447. The number of piperidine rings is 1. The van der Waals surface area contributed by atoms with Crippen LogP contribution in [0.2, 0.25) is 5.02 Å². The second-order valence-corrected chi connectivity index (χ2v) is 10.5. The van der Waals surface area contributed by atoms with Crippen LogP contribution < -0.4 is 5.32 Å². The average molecular weight is 467 g/mol. The number of amides is 1. The van der Waals surface area contributed by atoms with E-state index < -0.39 is 15.9 Å². The van der Waals surface area contributed by atoms with Gasteiger partial charge in [-0.3, -0.25) is 4.79 Å². The molecular weight excluding hydrogens is 440 g/mol. The molecule has 31 heavy (non-hydrogen) atoms. The standard InChI is InChI=1S/C22H27ClN2O5S/c23-18-6-4-5-17(15-18)22(9-13-29-14-10-22)16-24-21(26)19-7-8-20(30-19)31(27,28)25-11-2-1-3-12-25/h4-8,15H,1-3,9-14,16H2,(H,24,26). The van der Waals surface area contributed by atoms with Crippen LogP contribution in [0.25, 0.3) is 0 Å². The molecule has 2 fully saturated rings. The first-order valence-electron chi connectivity index (χ1n) is 10.6. The van der Waals surface area contributed by atoms with Crippen molar-refractivity contribution in [3.05, 3.63) is 52.7 Å². The van der Waals surface area contributed by atoms with Gasteiger partial charge in [0, 0.05) is 43.3 Å². The predicted molar refractivity (Wildman–Crippen MR) is 117 cm³/mol. The lowest BCUT2D eigenvalue weighted by atomic mass is 9.74. The number of furan rings is 1. The molecule has 0 saturated carbocycles. The summed E-state index contributed by atoms with van der Waals surface area (Å²) in [4.78, 5) is 12.8. The van der Waals surface area contributed by atoms with E-state index >= 15 is 0 Å². The maximum atomic E-state index is 12.8. The van der Waals surface area contributed by atoms with Crippen molar-refractivity contribution in [3.63, 3.8) is 0 Å². The molecule has 0 unspecified atom stereocenters. The molecule has 1 N–H and O–H groups in total. The van der Waals surface area contributed by atoms with Gasteiger partial charge >= 0.3 is 0 Å². The van der Waals surface area contributed by atoms with Crippen LogP contribution in [0.3, 0.4) is 0 Å². The zero-order chi connectivity index (χ0) is 21.9. The van der Waals surface area contributed by atoms with Crippen molar-refractivity contribution in [3.8, 4) is 0 Å². The zero-order valence-electron chi connectivity index (χ0n) is 17.3. The summed E-state index contributed by atoms with van der Waals surface area (Å²) in [5.41, 5.74) is 0.755. The number of halogens is 1. The van der Waals surface area contributed by atoms with Crippen molar-refractivity contribution < 1.29 is 22.4 Å². The second-order valence-electron chi connectivity index (χ2n) is 8.17. The third-order valence-electron chi connectivity index (χ3n) is 6.19. The lowest BCUT2D eigenvalue weighted by molar-refractivity contribution is 0.0484. The van der Waals surface area contributed by atoms with E-state index in [1.807, 2.05) is 24.3 Å². The van der Waals surface area contributed by atoms with Crippen LogP contribution in [0.15, 0.2) is 45.9 Å². The van der Waals surface area contributed by atoms with E-state index in [9.17, 15) is 13.2 Å². The summed E-state index contributed by atoms with van der Waals surface area (Å²) in [6.07, 6.45) is 4.20. The summed E-state index contributed by atoms with van der Waals surface area (Å²) >= 11 is 6.20. The van der Waals surface area contributed by atoms with Crippen LogP contribution in [-0.2, 0) is 20.2 Å². The monoisotopic (exact) mass is 466 g/mol. The highest BCUT2D eigenvalue weighted by molar-refractivity contribution is 7.89. The zero-order valence-corrected chi connectivity index (χ0v) is 18.9. The number of ether oxygens (including phenoxy) is 1. The molecular formula is C22H27ClN2O5S. The molecule has 9 heteroatoms. The van der Waals surface area contributed by atoms with Crippen molar-refractivity contribution in [2.24, 2.45) is 0 Å². The third kappa shape index (κ3) is 4.82. The SMILES string of the molecule is O=C(NCC1(c2cccc(Cl)c2)CCOCC1)c1ccc(S(=O)(=O)N2CCCCC2)o1. The molecule has 7 nitrogen and oxygen atoms in total. The van der Waals surface area contributed by atoms with Gasteiger partial charge in [0.25, 0.3) is 15.9 Å². The second kappa shape index (κ2) is 9.32. The Morgan fingerprint density at radius 1 is 1.10 bits per heavy atom. The molecule has 2 aliphatic heterocycles. The van der Waals surface area contributed by atoms with Crippen LogP contribution in [0.5, 0.6) is 0 Å². The lowest BCUT2D eigenvalue weighted by Crippen LogP contribution is -2.44. The molecule has 0 bridgehead atoms. The molecule has 0 atom stereocenters. The number of benzene rings is 1. The van der Waals surface area contributed by atoms with Crippen LogP contribution in [0.4, 0.5) is 0 Å². The van der Waals surface area contributed by atoms with E-state index in [0.717, 1.165) is 37.7 Å². The summed E-state index contributed by atoms with van der Waals surface area (Å²) in [6.45, 7) is 2.54. The van der Waals surface area contributed by atoms with Crippen molar-refractivity contribution in [1.82, 2.24) is 9.62 Å².